The maximum atomic E-state index is 5.87. The van der Waals surface area contributed by atoms with Crippen LogP contribution in [0.25, 0.3) is 0 Å². The first-order valence-corrected chi connectivity index (χ1v) is 7.95. The van der Waals surface area contributed by atoms with Gasteiger partial charge in [-0.3, -0.25) is 0 Å². The Kier molecular flexibility index (Phi) is 3.43. The van der Waals surface area contributed by atoms with Gasteiger partial charge in [-0.25, -0.2) is 4.98 Å². The zero-order valence-electron chi connectivity index (χ0n) is 12.9. The van der Waals surface area contributed by atoms with Gasteiger partial charge in [0, 0.05) is 11.8 Å². The van der Waals surface area contributed by atoms with Gasteiger partial charge in [-0.05, 0) is 49.9 Å². The molecule has 0 amide bonds. The van der Waals surface area contributed by atoms with E-state index in [1.165, 1.54) is 38.5 Å². The minimum atomic E-state index is 0.412. The molecule has 1 aromatic heterocycles. The van der Waals surface area contributed by atoms with Crippen LogP contribution in [0.5, 0.6) is 0 Å². The summed E-state index contributed by atoms with van der Waals surface area (Å²) in [5, 5.41) is 0. The minimum Gasteiger partial charge on any atom is -0.368 e. The highest BCUT2D eigenvalue weighted by molar-refractivity contribution is 5.21. The van der Waals surface area contributed by atoms with Crippen LogP contribution in [-0.2, 0) is 0 Å². The van der Waals surface area contributed by atoms with Crippen molar-refractivity contribution in [1.29, 1.82) is 0 Å². The van der Waals surface area contributed by atoms with Crippen molar-refractivity contribution in [1.82, 2.24) is 15.0 Å². The molecule has 0 bridgehead atoms. The molecule has 0 spiro atoms. The molecule has 3 rings (SSSR count). The highest BCUT2D eigenvalue weighted by atomic mass is 15.1. The summed E-state index contributed by atoms with van der Waals surface area (Å²) in [5.41, 5.74) is 6.28. The molecule has 0 aromatic carbocycles. The highest BCUT2D eigenvalue weighted by Gasteiger charge is 2.33. The third-order valence-electron chi connectivity index (χ3n) is 4.95. The second-order valence-electron chi connectivity index (χ2n) is 7.60. The summed E-state index contributed by atoms with van der Waals surface area (Å²) in [5.74, 6) is 4.15. The van der Waals surface area contributed by atoms with Crippen molar-refractivity contribution in [3.8, 4) is 0 Å². The Hall–Kier alpha value is -1.19. The van der Waals surface area contributed by atoms with Crippen molar-refractivity contribution in [2.75, 3.05) is 5.73 Å². The molecule has 4 heteroatoms. The summed E-state index contributed by atoms with van der Waals surface area (Å²) in [6, 6.07) is 0. The fourth-order valence-corrected chi connectivity index (χ4v) is 3.35. The lowest BCUT2D eigenvalue weighted by Crippen LogP contribution is -2.26. The summed E-state index contributed by atoms with van der Waals surface area (Å²) in [6.45, 7) is 7.05. The van der Waals surface area contributed by atoms with Gasteiger partial charge in [-0.1, -0.05) is 20.8 Å². The predicted octanol–water partition coefficient (Wildman–Crippen LogP) is 3.65. The van der Waals surface area contributed by atoms with E-state index in [0.29, 0.717) is 23.2 Å². The van der Waals surface area contributed by atoms with Gasteiger partial charge in [0.1, 0.15) is 11.6 Å². The molecule has 0 radical (unpaired) electrons. The van der Waals surface area contributed by atoms with Crippen molar-refractivity contribution >= 4 is 5.95 Å². The first kappa shape index (κ1) is 13.8. The lowest BCUT2D eigenvalue weighted by molar-refractivity contribution is 0.167. The van der Waals surface area contributed by atoms with E-state index in [9.17, 15) is 0 Å². The van der Waals surface area contributed by atoms with E-state index in [-0.39, 0.29) is 0 Å². The van der Waals surface area contributed by atoms with Crippen molar-refractivity contribution < 1.29 is 0 Å². The standard InChI is InChI=1S/C16H26N4/c1-16(2,3)12-8-6-11(7-9-12)14-18-13(10-4-5-10)19-15(17)20-14/h10-12H,4-9H2,1-3H3,(H2,17,18,19,20). The number of nitrogens with two attached hydrogens (primary N) is 1. The van der Waals surface area contributed by atoms with Crippen LogP contribution in [0.3, 0.4) is 0 Å². The second-order valence-corrected chi connectivity index (χ2v) is 7.60. The van der Waals surface area contributed by atoms with Gasteiger partial charge in [0.05, 0.1) is 0 Å². The van der Waals surface area contributed by atoms with Crippen LogP contribution < -0.4 is 5.73 Å². The Bertz CT molecular complexity index is 480. The summed E-state index contributed by atoms with van der Waals surface area (Å²) in [4.78, 5) is 13.4. The Morgan fingerprint density at radius 3 is 1.65 bits per heavy atom. The van der Waals surface area contributed by atoms with E-state index in [2.05, 4.69) is 30.7 Å². The van der Waals surface area contributed by atoms with E-state index in [4.69, 9.17) is 10.7 Å². The van der Waals surface area contributed by atoms with Crippen LogP contribution in [0.15, 0.2) is 0 Å². The van der Waals surface area contributed by atoms with Gasteiger partial charge in [-0.15, -0.1) is 0 Å². The lowest BCUT2D eigenvalue weighted by atomic mass is 9.70. The number of rotatable bonds is 2. The second kappa shape index (κ2) is 4.97. The van der Waals surface area contributed by atoms with E-state index in [1.54, 1.807) is 0 Å². The maximum absolute atomic E-state index is 5.87. The molecule has 0 atom stereocenters. The summed E-state index contributed by atoms with van der Waals surface area (Å²) < 4.78 is 0. The van der Waals surface area contributed by atoms with Gasteiger partial charge in [0.25, 0.3) is 0 Å². The fraction of sp³-hybridized carbons (Fsp3) is 0.812. The molecule has 0 aliphatic heterocycles. The first-order chi connectivity index (χ1) is 9.43. The number of hydrogen-bond donors (Lipinski definition) is 1. The molecule has 110 valence electrons. The van der Waals surface area contributed by atoms with Gasteiger partial charge in [-0.2, -0.15) is 9.97 Å². The monoisotopic (exact) mass is 274 g/mol. The molecule has 2 saturated carbocycles. The summed E-state index contributed by atoms with van der Waals surface area (Å²) >= 11 is 0. The van der Waals surface area contributed by atoms with Gasteiger partial charge in [0.15, 0.2) is 0 Å². The zero-order chi connectivity index (χ0) is 14.3. The van der Waals surface area contributed by atoms with Crippen molar-refractivity contribution in [2.45, 2.75) is 71.1 Å². The topological polar surface area (TPSA) is 64.7 Å². The lowest BCUT2D eigenvalue weighted by Gasteiger charge is -2.36. The smallest absolute Gasteiger partial charge is 0.223 e. The zero-order valence-corrected chi connectivity index (χ0v) is 12.9. The van der Waals surface area contributed by atoms with Crippen LogP contribution in [0.4, 0.5) is 5.95 Å². The van der Waals surface area contributed by atoms with E-state index in [1.807, 2.05) is 0 Å². The SMILES string of the molecule is CC(C)(C)C1CCC(c2nc(N)nc(C3CC3)n2)CC1. The molecule has 0 unspecified atom stereocenters. The molecular weight excluding hydrogens is 248 g/mol. The third kappa shape index (κ3) is 2.94. The molecule has 2 aliphatic carbocycles. The van der Waals surface area contributed by atoms with E-state index >= 15 is 0 Å². The van der Waals surface area contributed by atoms with Crippen LogP contribution >= 0.6 is 0 Å². The van der Waals surface area contributed by atoms with Crippen molar-refractivity contribution in [2.24, 2.45) is 11.3 Å². The van der Waals surface area contributed by atoms with Crippen molar-refractivity contribution in [3.63, 3.8) is 0 Å². The Morgan fingerprint density at radius 2 is 1.25 bits per heavy atom. The average Bonchev–Trinajstić information content (AvgIpc) is 3.21. The van der Waals surface area contributed by atoms with Crippen LogP contribution in [-0.4, -0.2) is 15.0 Å². The fourth-order valence-electron chi connectivity index (χ4n) is 3.35. The maximum Gasteiger partial charge on any atom is 0.223 e. The average molecular weight is 274 g/mol. The quantitative estimate of drug-likeness (QED) is 0.894. The molecule has 2 N–H and O–H groups in total. The summed E-state index contributed by atoms with van der Waals surface area (Å²) in [6.07, 6.45) is 7.35. The Morgan fingerprint density at radius 1 is 0.800 bits per heavy atom. The number of anilines is 1. The van der Waals surface area contributed by atoms with Gasteiger partial charge in [0.2, 0.25) is 5.95 Å². The Labute approximate surface area is 121 Å². The summed E-state index contributed by atoms with van der Waals surface area (Å²) in [7, 11) is 0. The van der Waals surface area contributed by atoms with Crippen LogP contribution in [0.1, 0.15) is 82.8 Å². The van der Waals surface area contributed by atoms with Crippen LogP contribution in [0.2, 0.25) is 0 Å². The predicted molar refractivity (Wildman–Crippen MR) is 80.4 cm³/mol. The van der Waals surface area contributed by atoms with Crippen molar-refractivity contribution in [3.05, 3.63) is 11.6 Å². The minimum absolute atomic E-state index is 0.412. The molecule has 2 aliphatic rings. The van der Waals surface area contributed by atoms with E-state index in [0.717, 1.165) is 17.6 Å². The molecule has 20 heavy (non-hydrogen) atoms. The van der Waals surface area contributed by atoms with Crippen LogP contribution in [0, 0.1) is 11.3 Å². The Balaban J connectivity index is 1.71. The molecule has 1 aromatic rings. The number of aromatic nitrogens is 3. The molecule has 0 saturated heterocycles. The highest BCUT2D eigenvalue weighted by Crippen LogP contribution is 2.43. The largest absolute Gasteiger partial charge is 0.368 e. The first-order valence-electron chi connectivity index (χ1n) is 7.95. The number of nitrogens with zero attached hydrogens (tertiary/aromatic N) is 3. The van der Waals surface area contributed by atoms with E-state index < -0.39 is 0 Å². The molecular formula is C16H26N4. The number of hydrogen-bond acceptors (Lipinski definition) is 4. The third-order valence-corrected chi connectivity index (χ3v) is 4.95. The molecule has 4 nitrogen and oxygen atoms in total. The van der Waals surface area contributed by atoms with Gasteiger partial charge >= 0.3 is 0 Å². The van der Waals surface area contributed by atoms with Gasteiger partial charge < -0.3 is 5.73 Å². The molecule has 1 heterocycles. The number of nitrogen functional groups attached to an aromatic ring is 1. The normalized spacial score (nSPS) is 27.6. The molecule has 2 fully saturated rings.